The summed E-state index contributed by atoms with van der Waals surface area (Å²) < 4.78 is 6.20. The molecule has 0 aliphatic rings. The number of H-pyrrole nitrogens is 1. The third kappa shape index (κ3) is 5.11. The van der Waals surface area contributed by atoms with E-state index in [9.17, 15) is 9.59 Å². The first kappa shape index (κ1) is 18.5. The van der Waals surface area contributed by atoms with Gasteiger partial charge in [-0.2, -0.15) is 10.2 Å². The van der Waals surface area contributed by atoms with E-state index in [-0.39, 0.29) is 5.69 Å². The molecule has 0 radical (unpaired) electrons. The van der Waals surface area contributed by atoms with Crippen LogP contribution in [0.4, 0.5) is 0 Å². The second-order valence-electron chi connectivity index (χ2n) is 5.60. The zero-order valence-corrected chi connectivity index (χ0v) is 15.9. The first-order valence-corrected chi connectivity index (χ1v) is 8.74. The lowest BCUT2D eigenvalue weighted by Crippen LogP contribution is -2.18. The van der Waals surface area contributed by atoms with Gasteiger partial charge in [-0.05, 0) is 67.1 Å². The minimum Gasteiger partial charge on any atom is -0.423 e. The zero-order valence-electron chi connectivity index (χ0n) is 14.3. The van der Waals surface area contributed by atoms with Crippen molar-refractivity contribution in [3.63, 3.8) is 0 Å². The Morgan fingerprint density at radius 1 is 1.15 bits per heavy atom. The van der Waals surface area contributed by atoms with Crippen LogP contribution in [0.2, 0.25) is 0 Å². The molecule has 0 atom stereocenters. The van der Waals surface area contributed by atoms with Crippen LogP contribution in [0.5, 0.6) is 5.75 Å². The fourth-order valence-electron chi connectivity index (χ4n) is 2.13. The summed E-state index contributed by atoms with van der Waals surface area (Å²) in [6.45, 7) is 1.80. The Hall–Kier alpha value is -3.26. The van der Waals surface area contributed by atoms with E-state index in [1.54, 1.807) is 61.5 Å². The molecular formula is C19H15BrN4O3. The topological polar surface area (TPSA) is 96.4 Å². The number of carbonyl (C=O) groups is 2. The number of aromatic nitrogens is 2. The monoisotopic (exact) mass is 426 g/mol. The number of halogens is 1. The maximum atomic E-state index is 12.1. The maximum absolute atomic E-state index is 12.1. The van der Waals surface area contributed by atoms with Crippen molar-refractivity contribution in [1.82, 2.24) is 15.6 Å². The van der Waals surface area contributed by atoms with E-state index in [1.165, 1.54) is 6.21 Å². The summed E-state index contributed by atoms with van der Waals surface area (Å²) in [4.78, 5) is 23.9. The number of aryl methyl sites for hydroxylation is 1. The average molecular weight is 427 g/mol. The first-order chi connectivity index (χ1) is 13.0. The molecule has 3 aromatic rings. The number of ether oxygens (including phenoxy) is 1. The van der Waals surface area contributed by atoms with Gasteiger partial charge in [-0.15, -0.1) is 0 Å². The lowest BCUT2D eigenvalue weighted by atomic mass is 10.2. The van der Waals surface area contributed by atoms with Gasteiger partial charge in [0.1, 0.15) is 5.75 Å². The van der Waals surface area contributed by atoms with Gasteiger partial charge in [0, 0.05) is 10.2 Å². The number of amides is 1. The molecular weight excluding hydrogens is 412 g/mol. The quantitative estimate of drug-likeness (QED) is 0.282. The summed E-state index contributed by atoms with van der Waals surface area (Å²) in [6, 6.07) is 15.3. The first-order valence-electron chi connectivity index (χ1n) is 7.94. The van der Waals surface area contributed by atoms with Gasteiger partial charge in [-0.3, -0.25) is 9.89 Å². The van der Waals surface area contributed by atoms with Gasteiger partial charge >= 0.3 is 5.97 Å². The highest BCUT2D eigenvalue weighted by molar-refractivity contribution is 9.10. The third-order valence-electron chi connectivity index (χ3n) is 3.49. The summed E-state index contributed by atoms with van der Waals surface area (Å²) in [7, 11) is 0. The fraction of sp³-hybridized carbons (Fsp3) is 0.0526. The van der Waals surface area contributed by atoms with Crippen LogP contribution in [0.1, 0.15) is 32.1 Å². The molecule has 1 heterocycles. The number of carbonyl (C=O) groups excluding carboxylic acids is 2. The fourth-order valence-corrected chi connectivity index (χ4v) is 2.40. The standard InChI is InChI=1S/C19H15BrN4O3/c1-12-10-17(23-22-12)18(25)24-21-11-13-2-8-16(9-3-13)27-19(26)14-4-6-15(20)7-5-14/h2-11H,1H3,(H,22,23)(H,24,25)/b21-11-. The van der Waals surface area contributed by atoms with Crippen molar-refractivity contribution in [2.45, 2.75) is 6.92 Å². The normalized spacial score (nSPS) is 10.7. The number of aromatic amines is 1. The molecule has 0 spiro atoms. The van der Waals surface area contributed by atoms with Gasteiger partial charge in [-0.25, -0.2) is 10.2 Å². The smallest absolute Gasteiger partial charge is 0.343 e. The number of hydrazone groups is 1. The predicted octanol–water partition coefficient (Wildman–Crippen LogP) is 3.46. The molecule has 27 heavy (non-hydrogen) atoms. The molecule has 2 N–H and O–H groups in total. The van der Waals surface area contributed by atoms with E-state index >= 15 is 0 Å². The Balaban J connectivity index is 1.56. The minimum atomic E-state index is -0.439. The van der Waals surface area contributed by atoms with Gasteiger partial charge in [-0.1, -0.05) is 15.9 Å². The third-order valence-corrected chi connectivity index (χ3v) is 4.02. The van der Waals surface area contributed by atoms with Crippen molar-refractivity contribution in [2.75, 3.05) is 0 Å². The van der Waals surface area contributed by atoms with Crippen LogP contribution < -0.4 is 10.2 Å². The number of hydrogen-bond acceptors (Lipinski definition) is 5. The lowest BCUT2D eigenvalue weighted by molar-refractivity contribution is 0.0734. The molecule has 0 aliphatic carbocycles. The summed E-state index contributed by atoms with van der Waals surface area (Å²) in [6.07, 6.45) is 1.48. The Morgan fingerprint density at radius 3 is 2.48 bits per heavy atom. The molecule has 1 amide bonds. The molecule has 0 aliphatic heterocycles. The highest BCUT2D eigenvalue weighted by Gasteiger charge is 2.09. The predicted molar refractivity (Wildman–Crippen MR) is 104 cm³/mol. The highest BCUT2D eigenvalue weighted by Crippen LogP contribution is 2.15. The SMILES string of the molecule is Cc1cc(C(=O)N/N=C\c2ccc(OC(=O)c3ccc(Br)cc3)cc2)n[nH]1. The number of benzene rings is 2. The molecule has 8 heteroatoms. The highest BCUT2D eigenvalue weighted by atomic mass is 79.9. The minimum absolute atomic E-state index is 0.264. The van der Waals surface area contributed by atoms with Crippen LogP contribution in [-0.4, -0.2) is 28.3 Å². The van der Waals surface area contributed by atoms with Crippen molar-refractivity contribution >= 4 is 34.0 Å². The van der Waals surface area contributed by atoms with Crippen molar-refractivity contribution in [2.24, 2.45) is 5.10 Å². The van der Waals surface area contributed by atoms with Gasteiger partial charge < -0.3 is 4.74 Å². The lowest BCUT2D eigenvalue weighted by Gasteiger charge is -2.04. The van der Waals surface area contributed by atoms with E-state index in [4.69, 9.17) is 4.74 Å². The molecule has 136 valence electrons. The second kappa shape index (κ2) is 8.41. The van der Waals surface area contributed by atoms with Gasteiger partial charge in [0.15, 0.2) is 5.69 Å². The average Bonchev–Trinajstić information content (AvgIpc) is 3.10. The number of esters is 1. The summed E-state index contributed by atoms with van der Waals surface area (Å²) in [5, 5.41) is 10.4. The number of rotatable bonds is 5. The van der Waals surface area contributed by atoms with Crippen LogP contribution in [0.25, 0.3) is 0 Å². The molecule has 0 fully saturated rings. The number of nitrogens with zero attached hydrogens (tertiary/aromatic N) is 2. The Morgan fingerprint density at radius 2 is 1.85 bits per heavy atom. The second-order valence-corrected chi connectivity index (χ2v) is 6.52. The van der Waals surface area contributed by atoms with Gasteiger partial charge in [0.25, 0.3) is 5.91 Å². The van der Waals surface area contributed by atoms with Crippen molar-refractivity contribution in [3.8, 4) is 5.75 Å². The summed E-state index contributed by atoms with van der Waals surface area (Å²) in [5.74, 6) is -0.433. The molecule has 0 unspecified atom stereocenters. The van der Waals surface area contributed by atoms with E-state index in [2.05, 4.69) is 36.7 Å². The van der Waals surface area contributed by atoms with E-state index in [0.29, 0.717) is 11.3 Å². The Labute approximate surface area is 163 Å². The van der Waals surface area contributed by atoms with Crippen LogP contribution in [-0.2, 0) is 0 Å². The molecule has 2 aromatic carbocycles. The van der Waals surface area contributed by atoms with Crippen molar-refractivity contribution < 1.29 is 14.3 Å². The largest absolute Gasteiger partial charge is 0.423 e. The van der Waals surface area contributed by atoms with Crippen LogP contribution in [0.3, 0.4) is 0 Å². The zero-order chi connectivity index (χ0) is 19.2. The molecule has 0 saturated heterocycles. The van der Waals surface area contributed by atoms with E-state index < -0.39 is 11.9 Å². The van der Waals surface area contributed by atoms with Crippen LogP contribution in [0.15, 0.2) is 64.2 Å². The molecule has 1 aromatic heterocycles. The van der Waals surface area contributed by atoms with Crippen LogP contribution in [0, 0.1) is 6.92 Å². The van der Waals surface area contributed by atoms with E-state index in [0.717, 1.165) is 15.7 Å². The summed E-state index contributed by atoms with van der Waals surface area (Å²) >= 11 is 3.32. The number of nitrogens with one attached hydrogen (secondary N) is 2. The Kier molecular flexibility index (Phi) is 5.77. The van der Waals surface area contributed by atoms with Crippen LogP contribution >= 0.6 is 15.9 Å². The van der Waals surface area contributed by atoms with Crippen molar-refractivity contribution in [1.29, 1.82) is 0 Å². The van der Waals surface area contributed by atoms with E-state index in [1.807, 2.05) is 0 Å². The van der Waals surface area contributed by atoms with Gasteiger partial charge in [0.2, 0.25) is 0 Å². The van der Waals surface area contributed by atoms with Crippen molar-refractivity contribution in [3.05, 3.63) is 81.6 Å². The number of hydrogen-bond donors (Lipinski definition) is 2. The Bertz CT molecular complexity index is 979. The van der Waals surface area contributed by atoms with Gasteiger partial charge in [0.05, 0.1) is 11.8 Å². The maximum Gasteiger partial charge on any atom is 0.343 e. The molecule has 0 saturated carbocycles. The molecule has 3 rings (SSSR count). The molecule has 0 bridgehead atoms. The summed E-state index contributed by atoms with van der Waals surface area (Å²) in [5.41, 5.74) is 4.64. The molecule has 7 nitrogen and oxygen atoms in total.